The quantitative estimate of drug-likeness (QED) is 0.404. The molecule has 0 radical (unpaired) electrons. The molecule has 4 N–H and O–H groups in total. The number of nitrogens with one attached hydrogen (secondary N) is 2. The molecule has 148 valence electrons. The van der Waals surface area contributed by atoms with Gasteiger partial charge in [0.15, 0.2) is 0 Å². The maximum atomic E-state index is 12.3. The summed E-state index contributed by atoms with van der Waals surface area (Å²) < 4.78 is 0. The molecule has 7 nitrogen and oxygen atoms in total. The number of pyridine rings is 1. The lowest BCUT2D eigenvalue weighted by Gasteiger charge is -2.09. The number of amides is 1. The van der Waals surface area contributed by atoms with Crippen LogP contribution in [0.4, 0.5) is 22.9 Å². The van der Waals surface area contributed by atoms with E-state index >= 15 is 0 Å². The Morgan fingerprint density at radius 2 is 1.60 bits per heavy atom. The summed E-state index contributed by atoms with van der Waals surface area (Å²) in [5, 5.41) is 6.53. The minimum atomic E-state index is -0.202. The third-order valence-electron chi connectivity index (χ3n) is 4.29. The molecule has 0 unspecified atom stereocenters. The summed E-state index contributed by atoms with van der Waals surface area (Å²) in [6.07, 6.45) is 6.49. The lowest BCUT2D eigenvalue weighted by atomic mass is 10.2. The van der Waals surface area contributed by atoms with Crippen molar-refractivity contribution in [1.29, 1.82) is 0 Å². The molecule has 2 aromatic carbocycles. The normalized spacial score (nSPS) is 10.4. The zero-order valence-corrected chi connectivity index (χ0v) is 16.5. The van der Waals surface area contributed by atoms with Crippen molar-refractivity contribution >= 4 is 40.4 Å². The number of nitrogens with two attached hydrogens (primary N) is 1. The summed E-state index contributed by atoms with van der Waals surface area (Å²) in [6.45, 7) is 0. The summed E-state index contributed by atoms with van der Waals surface area (Å²) in [5.41, 5.74) is 9.72. The smallest absolute Gasteiger partial charge is 0.255 e. The van der Waals surface area contributed by atoms with E-state index in [1.807, 2.05) is 12.1 Å². The number of nitrogen functional groups attached to an aromatic ring is 1. The van der Waals surface area contributed by atoms with Gasteiger partial charge in [-0.25, -0.2) is 4.98 Å². The minimum absolute atomic E-state index is 0.202. The second-order valence-electron chi connectivity index (χ2n) is 6.42. The number of hydrogen-bond acceptors (Lipinski definition) is 6. The standard InChI is InChI=1S/C22H17ClN6O/c23-19-11-25-10-9-18(19)20-12-27-21(13-26-20)28-16-5-7-17(8-6-16)29-22(30)14-1-3-15(24)4-2-14/h1-13H,24H2,(H,27,28)(H,29,30). The number of anilines is 4. The van der Waals surface area contributed by atoms with E-state index < -0.39 is 0 Å². The van der Waals surface area contributed by atoms with Crippen LogP contribution in [0.15, 0.2) is 79.4 Å². The number of aromatic nitrogens is 3. The first-order valence-corrected chi connectivity index (χ1v) is 9.42. The fourth-order valence-corrected chi connectivity index (χ4v) is 2.95. The van der Waals surface area contributed by atoms with E-state index in [0.29, 0.717) is 33.5 Å². The zero-order chi connectivity index (χ0) is 20.9. The van der Waals surface area contributed by atoms with Crippen molar-refractivity contribution in [2.75, 3.05) is 16.4 Å². The fraction of sp³-hybridized carbons (Fsp3) is 0. The van der Waals surface area contributed by atoms with Crippen LogP contribution < -0.4 is 16.4 Å². The lowest BCUT2D eigenvalue weighted by molar-refractivity contribution is 0.102. The average Bonchev–Trinajstić information content (AvgIpc) is 2.76. The summed E-state index contributed by atoms with van der Waals surface area (Å²) in [5.74, 6) is 0.384. The van der Waals surface area contributed by atoms with Gasteiger partial charge in [0, 0.05) is 40.6 Å². The van der Waals surface area contributed by atoms with Gasteiger partial charge in [0.1, 0.15) is 5.82 Å². The van der Waals surface area contributed by atoms with Crippen LogP contribution in [0.3, 0.4) is 0 Å². The molecule has 8 heteroatoms. The van der Waals surface area contributed by atoms with Gasteiger partial charge in [0.05, 0.1) is 23.1 Å². The zero-order valence-electron chi connectivity index (χ0n) is 15.7. The molecular weight excluding hydrogens is 400 g/mol. The van der Waals surface area contributed by atoms with Crippen molar-refractivity contribution in [3.8, 4) is 11.3 Å². The van der Waals surface area contributed by atoms with Gasteiger partial charge >= 0.3 is 0 Å². The van der Waals surface area contributed by atoms with E-state index in [-0.39, 0.29) is 5.91 Å². The molecule has 2 aromatic heterocycles. The highest BCUT2D eigenvalue weighted by atomic mass is 35.5. The molecule has 30 heavy (non-hydrogen) atoms. The SMILES string of the molecule is Nc1ccc(C(=O)Nc2ccc(Nc3cnc(-c4ccncc4Cl)cn3)cc2)cc1. The number of carbonyl (C=O) groups is 1. The van der Waals surface area contributed by atoms with Gasteiger partial charge in [-0.15, -0.1) is 0 Å². The lowest BCUT2D eigenvalue weighted by Crippen LogP contribution is -2.11. The van der Waals surface area contributed by atoms with Gasteiger partial charge in [-0.2, -0.15) is 0 Å². The van der Waals surface area contributed by atoms with Crippen molar-refractivity contribution < 1.29 is 4.79 Å². The van der Waals surface area contributed by atoms with Gasteiger partial charge in [0.2, 0.25) is 0 Å². The van der Waals surface area contributed by atoms with Crippen LogP contribution in [0.2, 0.25) is 5.02 Å². The Hall–Kier alpha value is -3.97. The molecule has 0 aliphatic heterocycles. The van der Waals surface area contributed by atoms with E-state index in [2.05, 4.69) is 25.6 Å². The van der Waals surface area contributed by atoms with Crippen molar-refractivity contribution in [2.24, 2.45) is 0 Å². The van der Waals surface area contributed by atoms with Crippen LogP contribution in [0, 0.1) is 0 Å². The number of halogens is 1. The predicted octanol–water partition coefficient (Wildman–Crippen LogP) is 4.77. The van der Waals surface area contributed by atoms with E-state index in [9.17, 15) is 4.79 Å². The third kappa shape index (κ3) is 4.53. The Bertz CT molecular complexity index is 1160. The highest BCUT2D eigenvalue weighted by Crippen LogP contribution is 2.25. The average molecular weight is 417 g/mol. The first kappa shape index (κ1) is 19.4. The van der Waals surface area contributed by atoms with Gasteiger partial charge in [-0.05, 0) is 54.6 Å². The highest BCUT2D eigenvalue weighted by molar-refractivity contribution is 6.33. The van der Waals surface area contributed by atoms with Crippen LogP contribution in [-0.4, -0.2) is 20.9 Å². The number of rotatable bonds is 5. The monoisotopic (exact) mass is 416 g/mol. The molecule has 0 saturated carbocycles. The largest absolute Gasteiger partial charge is 0.399 e. The predicted molar refractivity (Wildman–Crippen MR) is 119 cm³/mol. The van der Waals surface area contributed by atoms with Gasteiger partial charge < -0.3 is 16.4 Å². The Morgan fingerprint density at radius 3 is 2.27 bits per heavy atom. The third-order valence-corrected chi connectivity index (χ3v) is 4.59. The molecule has 0 bridgehead atoms. The topological polar surface area (TPSA) is 106 Å². The second kappa shape index (κ2) is 8.59. The van der Waals surface area contributed by atoms with Crippen LogP contribution >= 0.6 is 11.6 Å². The molecule has 0 atom stereocenters. The van der Waals surface area contributed by atoms with Crippen molar-refractivity contribution in [2.45, 2.75) is 0 Å². The maximum absolute atomic E-state index is 12.3. The van der Waals surface area contributed by atoms with Gasteiger partial charge in [-0.1, -0.05) is 11.6 Å². The van der Waals surface area contributed by atoms with Crippen LogP contribution in [0.5, 0.6) is 0 Å². The highest BCUT2D eigenvalue weighted by Gasteiger charge is 2.07. The Kier molecular flexibility index (Phi) is 5.54. The molecule has 0 saturated heterocycles. The number of carbonyl (C=O) groups excluding carboxylic acids is 1. The summed E-state index contributed by atoms with van der Waals surface area (Å²) in [6, 6.07) is 15.8. The molecule has 4 rings (SSSR count). The van der Waals surface area contributed by atoms with E-state index in [0.717, 1.165) is 11.3 Å². The molecule has 0 aliphatic carbocycles. The van der Waals surface area contributed by atoms with Crippen LogP contribution in [0.1, 0.15) is 10.4 Å². The van der Waals surface area contributed by atoms with Gasteiger partial charge in [0.25, 0.3) is 5.91 Å². The van der Waals surface area contributed by atoms with Crippen molar-refractivity contribution in [1.82, 2.24) is 15.0 Å². The molecule has 0 aliphatic rings. The van der Waals surface area contributed by atoms with Crippen LogP contribution in [0.25, 0.3) is 11.3 Å². The van der Waals surface area contributed by atoms with Crippen molar-refractivity contribution in [3.05, 3.63) is 90.0 Å². The number of nitrogens with zero attached hydrogens (tertiary/aromatic N) is 3. The molecule has 4 aromatic rings. The van der Waals surface area contributed by atoms with Crippen molar-refractivity contribution in [3.63, 3.8) is 0 Å². The summed E-state index contributed by atoms with van der Waals surface area (Å²) in [7, 11) is 0. The molecule has 1 amide bonds. The van der Waals surface area contributed by atoms with E-state index in [1.165, 1.54) is 0 Å². The van der Waals surface area contributed by atoms with Gasteiger partial charge in [-0.3, -0.25) is 14.8 Å². The summed E-state index contributed by atoms with van der Waals surface area (Å²) >= 11 is 6.14. The number of benzene rings is 2. The maximum Gasteiger partial charge on any atom is 0.255 e. The molecule has 2 heterocycles. The van der Waals surface area contributed by atoms with E-state index in [4.69, 9.17) is 17.3 Å². The Labute approximate surface area is 178 Å². The fourth-order valence-electron chi connectivity index (χ4n) is 2.74. The minimum Gasteiger partial charge on any atom is -0.399 e. The number of hydrogen-bond donors (Lipinski definition) is 3. The first-order chi connectivity index (χ1) is 14.6. The second-order valence-corrected chi connectivity index (χ2v) is 6.83. The molecule has 0 spiro atoms. The Morgan fingerprint density at radius 1 is 0.867 bits per heavy atom. The summed E-state index contributed by atoms with van der Waals surface area (Å²) in [4.78, 5) is 25.0. The molecular formula is C22H17ClN6O. The molecule has 0 fully saturated rings. The Balaban J connectivity index is 1.40. The van der Waals surface area contributed by atoms with Crippen LogP contribution in [-0.2, 0) is 0 Å². The first-order valence-electron chi connectivity index (χ1n) is 9.04. The van der Waals surface area contributed by atoms with E-state index in [1.54, 1.807) is 67.3 Å².